The molecule has 0 radical (unpaired) electrons. The lowest BCUT2D eigenvalue weighted by Crippen LogP contribution is -2.22. The molecule has 1 aromatic heterocycles. The fraction of sp³-hybridized carbons (Fsp3) is 0.261. The topological polar surface area (TPSA) is 79.7 Å². The number of cyclic esters (lactones) is 1. The summed E-state index contributed by atoms with van der Waals surface area (Å²) < 4.78 is 17.5. The van der Waals surface area contributed by atoms with Gasteiger partial charge in [0.15, 0.2) is 0 Å². The summed E-state index contributed by atoms with van der Waals surface area (Å²) in [5.41, 5.74) is 2.52. The number of rotatable bonds is 6. The first-order valence-corrected chi connectivity index (χ1v) is 9.71. The van der Waals surface area contributed by atoms with Crippen molar-refractivity contribution in [3.8, 4) is 17.0 Å². The molecule has 3 aromatic rings. The highest BCUT2D eigenvalue weighted by Crippen LogP contribution is 2.28. The molecular weight excluding hydrogens is 384 g/mol. The van der Waals surface area contributed by atoms with Gasteiger partial charge >= 0.3 is 11.9 Å². The summed E-state index contributed by atoms with van der Waals surface area (Å²) in [4.78, 5) is 24.9. The molecule has 7 heteroatoms. The molecule has 0 unspecified atom stereocenters. The highest BCUT2D eigenvalue weighted by Gasteiger charge is 2.36. The van der Waals surface area contributed by atoms with Gasteiger partial charge in [0.2, 0.25) is 6.10 Å². The normalized spacial score (nSPS) is 18.1. The minimum atomic E-state index is -0.900. The third kappa shape index (κ3) is 4.20. The zero-order valence-corrected chi connectivity index (χ0v) is 16.8. The number of esters is 2. The van der Waals surface area contributed by atoms with Crippen LogP contribution in [0.1, 0.15) is 29.3 Å². The summed E-state index contributed by atoms with van der Waals surface area (Å²) >= 11 is 0. The monoisotopic (exact) mass is 406 g/mol. The van der Waals surface area contributed by atoms with E-state index in [1.165, 1.54) is 0 Å². The summed E-state index contributed by atoms with van der Waals surface area (Å²) in [6.07, 6.45) is 0.822. The molecular formula is C23H22N2O5. The highest BCUT2D eigenvalue weighted by atomic mass is 16.6. The maximum atomic E-state index is 13.0. The first kappa shape index (κ1) is 19.7. The first-order chi connectivity index (χ1) is 14.5. The van der Waals surface area contributed by atoms with Crippen molar-refractivity contribution in [2.45, 2.75) is 32.1 Å². The van der Waals surface area contributed by atoms with Crippen LogP contribution in [-0.4, -0.2) is 41.0 Å². The van der Waals surface area contributed by atoms with Gasteiger partial charge in [-0.3, -0.25) is 4.68 Å². The average Bonchev–Trinajstić information content (AvgIpc) is 3.31. The predicted molar refractivity (Wildman–Crippen MR) is 109 cm³/mol. The molecule has 1 saturated heterocycles. The van der Waals surface area contributed by atoms with Gasteiger partial charge in [0.05, 0.1) is 13.7 Å². The molecule has 7 nitrogen and oxygen atoms in total. The van der Waals surface area contributed by atoms with Crippen LogP contribution >= 0.6 is 0 Å². The van der Waals surface area contributed by atoms with E-state index < -0.39 is 18.0 Å². The third-order valence-corrected chi connectivity index (χ3v) is 4.89. The molecule has 0 bridgehead atoms. The lowest BCUT2D eigenvalue weighted by atomic mass is 10.1. The third-order valence-electron chi connectivity index (χ3n) is 4.89. The van der Waals surface area contributed by atoms with Crippen LogP contribution in [0.15, 0.2) is 60.8 Å². The summed E-state index contributed by atoms with van der Waals surface area (Å²) in [5, 5.41) is 4.62. The molecule has 1 fully saturated rings. The van der Waals surface area contributed by atoms with Crippen LogP contribution in [-0.2, 0) is 20.8 Å². The quantitative estimate of drug-likeness (QED) is 0.583. The molecule has 0 spiro atoms. The molecule has 154 valence electrons. The van der Waals surface area contributed by atoms with Crippen LogP contribution in [0, 0.1) is 0 Å². The minimum Gasteiger partial charge on any atom is -0.497 e. The van der Waals surface area contributed by atoms with Crippen LogP contribution in [0.2, 0.25) is 0 Å². The molecule has 2 atom stereocenters. The largest absolute Gasteiger partial charge is 0.497 e. The Morgan fingerprint density at radius 2 is 2.00 bits per heavy atom. The SMILES string of the molecule is COc1cccc(-c2nn(Cc3ccccc3)cc2C(=O)O[C@H]2C[C@@H](C)OC2=O)c1. The summed E-state index contributed by atoms with van der Waals surface area (Å²) in [7, 11) is 1.58. The second kappa shape index (κ2) is 8.41. The van der Waals surface area contributed by atoms with Crippen molar-refractivity contribution in [1.82, 2.24) is 9.78 Å². The molecule has 0 N–H and O–H groups in total. The maximum Gasteiger partial charge on any atom is 0.347 e. The lowest BCUT2D eigenvalue weighted by Gasteiger charge is -2.08. The first-order valence-electron chi connectivity index (χ1n) is 9.71. The maximum absolute atomic E-state index is 13.0. The Morgan fingerprint density at radius 1 is 1.20 bits per heavy atom. The number of nitrogens with zero attached hydrogens (tertiary/aromatic N) is 2. The number of methoxy groups -OCH3 is 1. The second-order valence-electron chi connectivity index (χ2n) is 7.18. The molecule has 1 aliphatic rings. The van der Waals surface area contributed by atoms with E-state index in [4.69, 9.17) is 14.2 Å². The summed E-state index contributed by atoms with van der Waals surface area (Å²) in [6.45, 7) is 2.26. The van der Waals surface area contributed by atoms with Crippen LogP contribution in [0.3, 0.4) is 0 Å². The van der Waals surface area contributed by atoms with Crippen molar-refractivity contribution in [3.05, 3.63) is 71.9 Å². The summed E-state index contributed by atoms with van der Waals surface area (Å²) in [5.74, 6) is -0.476. The average molecular weight is 406 g/mol. The van der Waals surface area contributed by atoms with Gasteiger partial charge in [-0.25, -0.2) is 9.59 Å². The Bertz CT molecular complexity index is 1060. The van der Waals surface area contributed by atoms with Gasteiger partial charge in [-0.2, -0.15) is 5.10 Å². The van der Waals surface area contributed by atoms with Crippen molar-refractivity contribution in [3.63, 3.8) is 0 Å². The molecule has 0 amide bonds. The number of hydrogen-bond acceptors (Lipinski definition) is 6. The smallest absolute Gasteiger partial charge is 0.347 e. The predicted octanol–water partition coefficient (Wildman–Crippen LogP) is 3.47. The summed E-state index contributed by atoms with van der Waals surface area (Å²) in [6, 6.07) is 17.1. The van der Waals surface area contributed by atoms with Gasteiger partial charge in [0.25, 0.3) is 0 Å². The lowest BCUT2D eigenvalue weighted by molar-refractivity contribution is -0.147. The number of carbonyl (C=O) groups is 2. The van der Waals surface area contributed by atoms with E-state index in [0.29, 0.717) is 24.4 Å². The zero-order chi connectivity index (χ0) is 21.1. The van der Waals surface area contributed by atoms with Gasteiger partial charge in [0, 0.05) is 18.2 Å². The van der Waals surface area contributed by atoms with Crippen LogP contribution in [0.25, 0.3) is 11.3 Å². The Balaban J connectivity index is 1.67. The van der Waals surface area contributed by atoms with Crippen LogP contribution in [0.5, 0.6) is 5.75 Å². The van der Waals surface area contributed by atoms with Crippen molar-refractivity contribution in [2.75, 3.05) is 7.11 Å². The van der Waals surface area contributed by atoms with Gasteiger partial charge in [-0.05, 0) is 24.6 Å². The van der Waals surface area contributed by atoms with Gasteiger partial charge < -0.3 is 14.2 Å². The molecule has 1 aliphatic heterocycles. The van der Waals surface area contributed by atoms with Crippen molar-refractivity contribution in [1.29, 1.82) is 0 Å². The number of hydrogen-bond donors (Lipinski definition) is 0. The fourth-order valence-electron chi connectivity index (χ4n) is 3.41. The molecule has 0 aliphatic carbocycles. The Morgan fingerprint density at radius 3 is 2.70 bits per heavy atom. The zero-order valence-electron chi connectivity index (χ0n) is 16.8. The molecule has 30 heavy (non-hydrogen) atoms. The second-order valence-corrected chi connectivity index (χ2v) is 7.18. The van der Waals surface area contributed by atoms with E-state index in [0.717, 1.165) is 11.1 Å². The molecule has 2 aromatic carbocycles. The van der Waals surface area contributed by atoms with E-state index in [1.807, 2.05) is 48.5 Å². The fourth-order valence-corrected chi connectivity index (χ4v) is 3.41. The van der Waals surface area contributed by atoms with Crippen molar-refractivity contribution < 1.29 is 23.8 Å². The van der Waals surface area contributed by atoms with Crippen LogP contribution in [0.4, 0.5) is 0 Å². The number of ether oxygens (including phenoxy) is 3. The molecule has 4 rings (SSSR count). The van der Waals surface area contributed by atoms with E-state index in [1.54, 1.807) is 31.0 Å². The number of aromatic nitrogens is 2. The molecule has 2 heterocycles. The Kier molecular flexibility index (Phi) is 5.52. The minimum absolute atomic E-state index is 0.269. The number of benzene rings is 2. The number of carbonyl (C=O) groups excluding carboxylic acids is 2. The molecule has 0 saturated carbocycles. The highest BCUT2D eigenvalue weighted by molar-refractivity contribution is 5.97. The van der Waals surface area contributed by atoms with E-state index in [2.05, 4.69) is 5.10 Å². The van der Waals surface area contributed by atoms with E-state index in [-0.39, 0.29) is 11.7 Å². The van der Waals surface area contributed by atoms with Gasteiger partial charge in [0.1, 0.15) is 23.1 Å². The standard InChI is InChI=1S/C23H22N2O5/c1-15-11-20(23(27)29-15)30-22(26)19-14-25(13-16-7-4-3-5-8-16)24-21(19)17-9-6-10-18(12-17)28-2/h3-10,12,14-15,20H,11,13H2,1-2H3/t15-,20+/m1/s1. The van der Waals surface area contributed by atoms with E-state index >= 15 is 0 Å². The van der Waals surface area contributed by atoms with Crippen LogP contribution < -0.4 is 4.74 Å². The Labute approximate surface area is 174 Å². The van der Waals surface area contributed by atoms with E-state index in [9.17, 15) is 9.59 Å². The Hall–Kier alpha value is -3.61. The van der Waals surface area contributed by atoms with Gasteiger partial charge in [-0.1, -0.05) is 42.5 Å². The van der Waals surface area contributed by atoms with Gasteiger partial charge in [-0.15, -0.1) is 0 Å². The van der Waals surface area contributed by atoms with Crippen molar-refractivity contribution in [2.24, 2.45) is 0 Å². The van der Waals surface area contributed by atoms with Crippen molar-refractivity contribution >= 4 is 11.9 Å².